The van der Waals surface area contributed by atoms with Gasteiger partial charge in [0.05, 0.1) is 16.7 Å². The first-order chi connectivity index (χ1) is 12.3. The number of para-hydroxylation sites is 1. The van der Waals surface area contributed by atoms with Crippen molar-refractivity contribution in [3.63, 3.8) is 0 Å². The molecule has 5 rings (SSSR count). The van der Waals surface area contributed by atoms with Crippen LogP contribution < -0.4 is 5.32 Å². The van der Waals surface area contributed by atoms with Gasteiger partial charge in [-0.3, -0.25) is 9.59 Å². The zero-order chi connectivity index (χ0) is 18.5. The molecule has 5 atom stereocenters. The highest BCUT2D eigenvalue weighted by Crippen LogP contribution is 2.62. The summed E-state index contributed by atoms with van der Waals surface area (Å²) in [6.07, 6.45) is 3.46. The second kappa shape index (κ2) is 6.05. The maximum Gasteiger partial charge on any atom is 0.312 e. The van der Waals surface area contributed by atoms with Gasteiger partial charge in [-0.1, -0.05) is 12.1 Å². The number of anilines is 1. The highest BCUT2D eigenvalue weighted by Gasteiger charge is 2.61. The van der Waals surface area contributed by atoms with Crippen LogP contribution in [0, 0.1) is 23.1 Å². The van der Waals surface area contributed by atoms with E-state index in [4.69, 9.17) is 4.74 Å². The molecule has 1 amide bonds. The van der Waals surface area contributed by atoms with E-state index < -0.39 is 34.8 Å². The second-order valence-corrected chi connectivity index (χ2v) is 8.48. The summed E-state index contributed by atoms with van der Waals surface area (Å²) < 4.78 is 19.1. The molecule has 140 valence electrons. The van der Waals surface area contributed by atoms with Gasteiger partial charge in [-0.05, 0) is 69.4 Å². The van der Waals surface area contributed by atoms with Crippen LogP contribution in [-0.4, -0.2) is 28.7 Å². The number of ether oxygens (including phenoxy) is 1. The standard InChI is InChI=1S/C20H24FNO4/c1-12(17(23)22-16-5-3-2-4-15(16)21)26-18(24)19-7-13-6-14(8-19)10-20(25,9-13)11-19/h2-5,12-14,25H,6-11H2,1H3,(H,22,23)/t12-,13-,14+,19?,20?/m0/s1. The number of halogens is 1. The highest BCUT2D eigenvalue weighted by molar-refractivity contribution is 5.95. The smallest absolute Gasteiger partial charge is 0.312 e. The summed E-state index contributed by atoms with van der Waals surface area (Å²) in [5.74, 6) is -0.788. The van der Waals surface area contributed by atoms with Gasteiger partial charge in [-0.15, -0.1) is 0 Å². The van der Waals surface area contributed by atoms with E-state index in [1.54, 1.807) is 6.07 Å². The minimum Gasteiger partial charge on any atom is -0.452 e. The van der Waals surface area contributed by atoms with Gasteiger partial charge in [0.1, 0.15) is 5.82 Å². The average molecular weight is 361 g/mol. The number of nitrogens with one attached hydrogen (secondary N) is 1. The Labute approximate surface area is 151 Å². The zero-order valence-corrected chi connectivity index (χ0v) is 14.8. The Morgan fingerprint density at radius 3 is 2.50 bits per heavy atom. The number of hydrogen-bond donors (Lipinski definition) is 2. The molecule has 6 heteroatoms. The first-order valence-electron chi connectivity index (χ1n) is 9.27. The third kappa shape index (κ3) is 3.00. The lowest BCUT2D eigenvalue weighted by atomic mass is 9.48. The van der Waals surface area contributed by atoms with Crippen LogP contribution in [0.15, 0.2) is 24.3 Å². The third-order valence-electron chi connectivity index (χ3n) is 6.25. The Kier molecular flexibility index (Phi) is 4.06. The molecule has 4 aliphatic carbocycles. The predicted octanol–water partition coefficient (Wildman–Crippen LogP) is 3.03. The van der Waals surface area contributed by atoms with Crippen molar-refractivity contribution in [2.75, 3.05) is 5.32 Å². The van der Waals surface area contributed by atoms with Gasteiger partial charge in [0.2, 0.25) is 0 Å². The summed E-state index contributed by atoms with van der Waals surface area (Å²) >= 11 is 0. The number of rotatable bonds is 4. The maximum atomic E-state index is 13.7. The highest BCUT2D eigenvalue weighted by atomic mass is 19.1. The van der Waals surface area contributed by atoms with Gasteiger partial charge in [0, 0.05) is 0 Å². The van der Waals surface area contributed by atoms with E-state index in [2.05, 4.69) is 5.32 Å². The van der Waals surface area contributed by atoms with Crippen molar-refractivity contribution >= 4 is 17.6 Å². The van der Waals surface area contributed by atoms with Crippen LogP contribution >= 0.6 is 0 Å². The number of esters is 1. The van der Waals surface area contributed by atoms with Crippen molar-refractivity contribution in [2.45, 2.75) is 57.2 Å². The number of carbonyl (C=O) groups is 2. The first-order valence-corrected chi connectivity index (χ1v) is 9.27. The van der Waals surface area contributed by atoms with E-state index in [1.807, 2.05) is 0 Å². The van der Waals surface area contributed by atoms with Crippen molar-refractivity contribution in [3.05, 3.63) is 30.1 Å². The van der Waals surface area contributed by atoms with Crippen molar-refractivity contribution in [1.82, 2.24) is 0 Å². The molecule has 5 nitrogen and oxygen atoms in total. The van der Waals surface area contributed by atoms with Crippen molar-refractivity contribution in [1.29, 1.82) is 0 Å². The molecule has 0 aliphatic heterocycles. The van der Waals surface area contributed by atoms with E-state index in [0.717, 1.165) is 32.1 Å². The van der Waals surface area contributed by atoms with Crippen LogP contribution in [-0.2, 0) is 14.3 Å². The lowest BCUT2D eigenvalue weighted by molar-refractivity contribution is -0.199. The minimum atomic E-state index is -1.02. The summed E-state index contributed by atoms with van der Waals surface area (Å²) in [7, 11) is 0. The van der Waals surface area contributed by atoms with Crippen LogP contribution in [0.1, 0.15) is 45.4 Å². The van der Waals surface area contributed by atoms with Gasteiger partial charge >= 0.3 is 5.97 Å². The van der Waals surface area contributed by atoms with Gasteiger partial charge in [-0.2, -0.15) is 0 Å². The van der Waals surface area contributed by atoms with Crippen molar-refractivity contribution in [3.8, 4) is 0 Å². The van der Waals surface area contributed by atoms with E-state index in [1.165, 1.54) is 25.1 Å². The molecule has 0 heterocycles. The molecule has 0 aromatic heterocycles. The monoisotopic (exact) mass is 361 g/mol. The molecule has 1 aromatic rings. The molecular formula is C20H24FNO4. The molecule has 2 unspecified atom stereocenters. The van der Waals surface area contributed by atoms with Crippen LogP contribution in [0.25, 0.3) is 0 Å². The molecule has 2 N–H and O–H groups in total. The predicted molar refractivity (Wildman–Crippen MR) is 92.6 cm³/mol. The van der Waals surface area contributed by atoms with E-state index in [0.29, 0.717) is 18.3 Å². The number of benzene rings is 1. The summed E-state index contributed by atoms with van der Waals surface area (Å²) in [4.78, 5) is 25.2. The van der Waals surface area contributed by atoms with E-state index in [-0.39, 0.29) is 5.69 Å². The van der Waals surface area contributed by atoms with Crippen LogP contribution in [0.4, 0.5) is 10.1 Å². The lowest BCUT2D eigenvalue weighted by Gasteiger charge is -2.58. The molecule has 0 radical (unpaired) electrons. The first kappa shape index (κ1) is 17.5. The fourth-order valence-electron chi connectivity index (χ4n) is 5.59. The maximum absolute atomic E-state index is 13.7. The lowest BCUT2D eigenvalue weighted by Crippen LogP contribution is -2.59. The quantitative estimate of drug-likeness (QED) is 0.809. The number of aliphatic hydroxyl groups is 1. The molecule has 4 bridgehead atoms. The van der Waals surface area contributed by atoms with Gasteiger partial charge in [0.15, 0.2) is 6.10 Å². The Balaban J connectivity index is 1.43. The summed E-state index contributed by atoms with van der Waals surface area (Å²) in [5.41, 5.74) is -1.38. The Morgan fingerprint density at radius 1 is 1.23 bits per heavy atom. The average Bonchev–Trinajstić information content (AvgIpc) is 2.54. The number of amides is 1. The summed E-state index contributed by atoms with van der Waals surface area (Å²) in [6.45, 7) is 1.49. The van der Waals surface area contributed by atoms with E-state index >= 15 is 0 Å². The molecule has 0 spiro atoms. The summed E-state index contributed by atoms with van der Waals surface area (Å²) in [5, 5.41) is 13.2. The normalized spacial score (nSPS) is 35.8. The van der Waals surface area contributed by atoms with Crippen molar-refractivity contribution < 1.29 is 23.8 Å². The van der Waals surface area contributed by atoms with Gasteiger partial charge in [-0.25, -0.2) is 4.39 Å². The fraction of sp³-hybridized carbons (Fsp3) is 0.600. The van der Waals surface area contributed by atoms with E-state index in [9.17, 15) is 19.1 Å². The molecule has 0 saturated heterocycles. The summed E-state index contributed by atoms with van der Waals surface area (Å²) in [6, 6.07) is 5.86. The largest absolute Gasteiger partial charge is 0.452 e. The number of carbonyl (C=O) groups excluding carboxylic acids is 2. The van der Waals surface area contributed by atoms with Gasteiger partial charge < -0.3 is 15.2 Å². The molecule has 4 fully saturated rings. The minimum absolute atomic E-state index is 0.0597. The van der Waals surface area contributed by atoms with Crippen LogP contribution in [0.3, 0.4) is 0 Å². The molecule has 4 saturated carbocycles. The topological polar surface area (TPSA) is 75.6 Å². The Bertz CT molecular complexity index is 735. The van der Waals surface area contributed by atoms with Crippen LogP contribution in [0.5, 0.6) is 0 Å². The Morgan fingerprint density at radius 2 is 1.88 bits per heavy atom. The number of hydrogen-bond acceptors (Lipinski definition) is 4. The SMILES string of the molecule is C[C@H](OC(=O)C12C[C@@H]3C[C@@H](CC(O)(C3)C1)C2)C(=O)Nc1ccccc1F. The molecular weight excluding hydrogens is 337 g/mol. The molecule has 1 aromatic carbocycles. The van der Waals surface area contributed by atoms with Crippen molar-refractivity contribution in [2.24, 2.45) is 17.3 Å². The molecule has 4 aliphatic rings. The fourth-order valence-corrected chi connectivity index (χ4v) is 5.59. The molecule has 26 heavy (non-hydrogen) atoms. The van der Waals surface area contributed by atoms with Crippen LogP contribution in [0.2, 0.25) is 0 Å². The zero-order valence-electron chi connectivity index (χ0n) is 14.8. The van der Waals surface area contributed by atoms with Gasteiger partial charge in [0.25, 0.3) is 5.91 Å². The second-order valence-electron chi connectivity index (χ2n) is 8.48. The third-order valence-corrected chi connectivity index (χ3v) is 6.25. The Hall–Kier alpha value is -1.95.